The van der Waals surface area contributed by atoms with Gasteiger partial charge in [-0.15, -0.1) is 0 Å². The van der Waals surface area contributed by atoms with E-state index in [0.29, 0.717) is 36.1 Å². The molecule has 0 unspecified atom stereocenters. The van der Waals surface area contributed by atoms with Crippen molar-refractivity contribution in [2.45, 2.75) is 39.0 Å². The number of anilines is 1. The van der Waals surface area contributed by atoms with E-state index in [2.05, 4.69) is 0 Å². The van der Waals surface area contributed by atoms with Crippen molar-refractivity contribution in [3.63, 3.8) is 0 Å². The average Bonchev–Trinajstić information content (AvgIpc) is 2.47. The third-order valence-corrected chi connectivity index (χ3v) is 3.72. The lowest BCUT2D eigenvalue weighted by Crippen LogP contribution is -2.16. The summed E-state index contributed by atoms with van der Waals surface area (Å²) in [5.74, 6) is 0.939. The summed E-state index contributed by atoms with van der Waals surface area (Å²) in [5, 5.41) is 0. The van der Waals surface area contributed by atoms with Crippen molar-refractivity contribution in [2.24, 2.45) is 5.92 Å². The molecule has 2 rings (SSSR count). The highest BCUT2D eigenvalue weighted by Gasteiger charge is 2.15. The number of nitrogen functional groups attached to an aromatic ring is 1. The maximum absolute atomic E-state index is 11.6. The van der Waals surface area contributed by atoms with Gasteiger partial charge in [0.15, 0.2) is 0 Å². The van der Waals surface area contributed by atoms with Crippen LogP contribution in [0.15, 0.2) is 18.2 Å². The number of nitrogens with two attached hydrogens (primary N) is 1. The fourth-order valence-corrected chi connectivity index (χ4v) is 2.58. The van der Waals surface area contributed by atoms with Crippen LogP contribution in [0.1, 0.15) is 49.4 Å². The third-order valence-electron chi connectivity index (χ3n) is 3.72. The van der Waals surface area contributed by atoms with Gasteiger partial charge in [0.05, 0.1) is 24.5 Å². The van der Waals surface area contributed by atoms with Gasteiger partial charge >= 0.3 is 5.97 Å². The van der Waals surface area contributed by atoms with Crippen LogP contribution in [0.5, 0.6) is 5.75 Å². The molecule has 1 saturated carbocycles. The van der Waals surface area contributed by atoms with Gasteiger partial charge in [0, 0.05) is 0 Å². The van der Waals surface area contributed by atoms with Crippen molar-refractivity contribution >= 4 is 11.7 Å². The molecule has 0 heterocycles. The van der Waals surface area contributed by atoms with E-state index >= 15 is 0 Å². The van der Waals surface area contributed by atoms with E-state index in [9.17, 15) is 4.79 Å². The van der Waals surface area contributed by atoms with Crippen LogP contribution in [0.4, 0.5) is 5.69 Å². The summed E-state index contributed by atoms with van der Waals surface area (Å²) in [5.41, 5.74) is 6.90. The molecule has 0 radical (unpaired) electrons. The topological polar surface area (TPSA) is 61.5 Å². The number of carbonyl (C=O) groups excluding carboxylic acids is 1. The van der Waals surface area contributed by atoms with Gasteiger partial charge in [-0.2, -0.15) is 0 Å². The Bertz CT molecular complexity index is 453. The molecule has 1 aromatic carbocycles. The molecule has 0 saturated heterocycles. The normalized spacial score (nSPS) is 15.8. The highest BCUT2D eigenvalue weighted by Crippen LogP contribution is 2.27. The summed E-state index contributed by atoms with van der Waals surface area (Å²) in [4.78, 5) is 11.6. The predicted octanol–water partition coefficient (Wildman–Crippen LogP) is 3.40. The van der Waals surface area contributed by atoms with Crippen LogP contribution in [0, 0.1) is 5.92 Å². The van der Waals surface area contributed by atoms with E-state index in [4.69, 9.17) is 15.2 Å². The standard InChI is InChI=1S/C16H23NO3/c1-2-19-16(18)13-8-9-15(14(17)10-13)20-11-12-6-4-3-5-7-12/h8-10,12H,2-7,11,17H2,1H3. The summed E-state index contributed by atoms with van der Waals surface area (Å²) in [6.45, 7) is 2.85. The SMILES string of the molecule is CCOC(=O)c1ccc(OCC2CCCCC2)c(N)c1. The second kappa shape index (κ2) is 7.17. The molecule has 1 aliphatic carbocycles. The van der Waals surface area contributed by atoms with E-state index < -0.39 is 0 Å². The van der Waals surface area contributed by atoms with Gasteiger partial charge in [0.25, 0.3) is 0 Å². The van der Waals surface area contributed by atoms with E-state index in [-0.39, 0.29) is 5.97 Å². The Labute approximate surface area is 120 Å². The monoisotopic (exact) mass is 277 g/mol. The van der Waals surface area contributed by atoms with Crippen LogP contribution < -0.4 is 10.5 Å². The lowest BCUT2D eigenvalue weighted by atomic mass is 9.90. The van der Waals surface area contributed by atoms with Crippen molar-refractivity contribution in [1.29, 1.82) is 0 Å². The van der Waals surface area contributed by atoms with Gasteiger partial charge in [-0.1, -0.05) is 19.3 Å². The fraction of sp³-hybridized carbons (Fsp3) is 0.562. The lowest BCUT2D eigenvalue weighted by Gasteiger charge is -2.22. The molecule has 4 nitrogen and oxygen atoms in total. The second-order valence-electron chi connectivity index (χ2n) is 5.29. The largest absolute Gasteiger partial charge is 0.491 e. The number of hydrogen-bond donors (Lipinski definition) is 1. The van der Waals surface area contributed by atoms with E-state index in [1.54, 1.807) is 25.1 Å². The van der Waals surface area contributed by atoms with Crippen LogP contribution in [-0.4, -0.2) is 19.2 Å². The highest BCUT2D eigenvalue weighted by atomic mass is 16.5. The molecule has 0 bridgehead atoms. The van der Waals surface area contributed by atoms with Crippen LogP contribution in [0.25, 0.3) is 0 Å². The molecule has 20 heavy (non-hydrogen) atoms. The number of carbonyl (C=O) groups is 1. The molecule has 0 aromatic heterocycles. The fourth-order valence-electron chi connectivity index (χ4n) is 2.58. The lowest BCUT2D eigenvalue weighted by molar-refractivity contribution is 0.0526. The Morgan fingerprint density at radius 1 is 1.30 bits per heavy atom. The number of rotatable bonds is 5. The van der Waals surface area contributed by atoms with Crippen LogP contribution >= 0.6 is 0 Å². The Hall–Kier alpha value is -1.71. The summed E-state index contributed by atoms with van der Waals surface area (Å²) < 4.78 is 10.7. The van der Waals surface area contributed by atoms with Crippen molar-refractivity contribution in [3.05, 3.63) is 23.8 Å². The van der Waals surface area contributed by atoms with Crippen molar-refractivity contribution in [2.75, 3.05) is 18.9 Å². The molecular formula is C16H23NO3. The Morgan fingerprint density at radius 2 is 2.05 bits per heavy atom. The zero-order valence-electron chi connectivity index (χ0n) is 12.1. The third kappa shape index (κ3) is 3.89. The van der Waals surface area contributed by atoms with Crippen LogP contribution in [0.3, 0.4) is 0 Å². The molecule has 0 aliphatic heterocycles. The number of hydrogen-bond acceptors (Lipinski definition) is 4. The highest BCUT2D eigenvalue weighted by molar-refractivity contribution is 5.91. The minimum absolute atomic E-state index is 0.349. The minimum Gasteiger partial charge on any atom is -0.491 e. The molecular weight excluding hydrogens is 254 g/mol. The quantitative estimate of drug-likeness (QED) is 0.662. The van der Waals surface area contributed by atoms with Gasteiger partial charge in [-0.05, 0) is 43.9 Å². The molecule has 1 aromatic rings. The first-order valence-electron chi connectivity index (χ1n) is 7.40. The minimum atomic E-state index is -0.349. The predicted molar refractivity (Wildman–Crippen MR) is 78.9 cm³/mol. The number of ether oxygens (including phenoxy) is 2. The second-order valence-corrected chi connectivity index (χ2v) is 5.29. The molecule has 4 heteroatoms. The first-order valence-corrected chi connectivity index (χ1v) is 7.40. The molecule has 1 fully saturated rings. The van der Waals surface area contributed by atoms with E-state index in [1.807, 2.05) is 0 Å². The van der Waals surface area contributed by atoms with Crippen molar-refractivity contribution < 1.29 is 14.3 Å². The molecule has 0 atom stereocenters. The van der Waals surface area contributed by atoms with Gasteiger partial charge in [-0.3, -0.25) is 0 Å². The molecule has 1 aliphatic rings. The number of esters is 1. The van der Waals surface area contributed by atoms with Crippen LogP contribution in [-0.2, 0) is 4.74 Å². The summed E-state index contributed by atoms with van der Waals surface area (Å²) in [6, 6.07) is 5.07. The number of benzene rings is 1. The first kappa shape index (κ1) is 14.7. The molecule has 110 valence electrons. The average molecular weight is 277 g/mol. The van der Waals surface area contributed by atoms with Gasteiger partial charge in [-0.25, -0.2) is 4.79 Å². The van der Waals surface area contributed by atoms with E-state index in [0.717, 1.165) is 0 Å². The first-order chi connectivity index (χ1) is 9.70. The molecule has 2 N–H and O–H groups in total. The van der Waals surface area contributed by atoms with Crippen molar-refractivity contribution in [1.82, 2.24) is 0 Å². The Balaban J connectivity index is 1.93. The Morgan fingerprint density at radius 3 is 2.70 bits per heavy atom. The van der Waals surface area contributed by atoms with Crippen molar-refractivity contribution in [3.8, 4) is 5.75 Å². The smallest absolute Gasteiger partial charge is 0.338 e. The van der Waals surface area contributed by atoms with Gasteiger partial charge in [0.2, 0.25) is 0 Å². The zero-order chi connectivity index (χ0) is 14.4. The summed E-state index contributed by atoms with van der Waals surface area (Å²) in [6.07, 6.45) is 6.41. The van der Waals surface area contributed by atoms with Gasteiger partial charge in [0.1, 0.15) is 5.75 Å². The maximum Gasteiger partial charge on any atom is 0.338 e. The van der Waals surface area contributed by atoms with E-state index in [1.165, 1.54) is 32.1 Å². The van der Waals surface area contributed by atoms with Crippen LogP contribution in [0.2, 0.25) is 0 Å². The summed E-state index contributed by atoms with van der Waals surface area (Å²) >= 11 is 0. The molecule has 0 spiro atoms. The summed E-state index contributed by atoms with van der Waals surface area (Å²) in [7, 11) is 0. The van der Waals surface area contributed by atoms with Gasteiger partial charge < -0.3 is 15.2 Å². The Kier molecular flexibility index (Phi) is 5.27. The molecule has 0 amide bonds. The zero-order valence-corrected chi connectivity index (χ0v) is 12.1. The maximum atomic E-state index is 11.6.